The zero-order valence-corrected chi connectivity index (χ0v) is 19.3. The summed E-state index contributed by atoms with van der Waals surface area (Å²) in [6.45, 7) is 6.46. The predicted octanol–water partition coefficient (Wildman–Crippen LogP) is 4.86. The Morgan fingerprint density at radius 3 is 2.90 bits per heavy atom. The maximum atomic E-state index is 12.9. The number of thioether (sulfide) groups is 2. The topological polar surface area (TPSA) is 84.4 Å². The molecular weight excluding hydrogens is 438 g/mol. The molecule has 1 atom stereocenters. The van der Waals surface area contributed by atoms with Gasteiger partial charge in [0.1, 0.15) is 9.21 Å². The number of fused-ring (bicyclic) bond motifs is 1. The van der Waals surface area contributed by atoms with Gasteiger partial charge in [-0.15, -0.1) is 11.3 Å². The average molecular weight is 460 g/mol. The van der Waals surface area contributed by atoms with Crippen molar-refractivity contribution in [3.63, 3.8) is 0 Å². The Hall–Kier alpha value is -2.10. The van der Waals surface area contributed by atoms with E-state index in [1.54, 1.807) is 36.5 Å². The minimum absolute atomic E-state index is 0.202. The number of nitrogens with zero attached hydrogens (tertiary/aromatic N) is 2. The summed E-state index contributed by atoms with van der Waals surface area (Å²) in [5.41, 5.74) is 2.16. The van der Waals surface area contributed by atoms with E-state index in [4.69, 9.17) is 4.74 Å². The van der Waals surface area contributed by atoms with Gasteiger partial charge in [0.05, 0.1) is 17.5 Å². The van der Waals surface area contributed by atoms with Gasteiger partial charge in [0.15, 0.2) is 11.9 Å². The molecule has 2 aromatic heterocycles. The summed E-state index contributed by atoms with van der Waals surface area (Å²) in [6, 6.07) is 7.42. The first kappa shape index (κ1) is 21.1. The van der Waals surface area contributed by atoms with Crippen LogP contribution in [0.4, 0.5) is 0 Å². The molecule has 0 fully saturated rings. The second kappa shape index (κ2) is 8.95. The van der Waals surface area contributed by atoms with E-state index < -0.39 is 12.1 Å². The van der Waals surface area contributed by atoms with Gasteiger partial charge >= 0.3 is 5.97 Å². The molecule has 30 heavy (non-hydrogen) atoms. The fourth-order valence-electron chi connectivity index (χ4n) is 3.13. The molecule has 4 rings (SSSR count). The molecular formula is C21H21N3O3S3. The van der Waals surface area contributed by atoms with Crippen molar-refractivity contribution in [2.45, 2.75) is 32.6 Å². The monoisotopic (exact) mass is 459 g/mol. The van der Waals surface area contributed by atoms with Crippen molar-refractivity contribution in [2.75, 3.05) is 12.3 Å². The van der Waals surface area contributed by atoms with Crippen LogP contribution in [0.3, 0.4) is 0 Å². The number of benzene rings is 1. The van der Waals surface area contributed by atoms with Crippen molar-refractivity contribution < 1.29 is 9.53 Å². The summed E-state index contributed by atoms with van der Waals surface area (Å²) >= 11 is 4.86. The van der Waals surface area contributed by atoms with E-state index in [2.05, 4.69) is 15.0 Å². The summed E-state index contributed by atoms with van der Waals surface area (Å²) in [6.07, 6.45) is -0.673. The lowest BCUT2D eigenvalue weighted by Crippen LogP contribution is -2.18. The SMILES string of the molecule is Cc1sc2nc(C(C)OC(=O)c3ccccc3CSC3=NCCS3)[nH]c(=O)c2c1C. The number of rotatable bonds is 5. The van der Waals surface area contributed by atoms with E-state index in [0.29, 0.717) is 27.4 Å². The Morgan fingerprint density at radius 2 is 2.13 bits per heavy atom. The molecule has 0 spiro atoms. The number of hydrogen-bond donors (Lipinski definition) is 1. The van der Waals surface area contributed by atoms with E-state index >= 15 is 0 Å². The fraction of sp³-hybridized carbons (Fsp3) is 0.333. The summed E-state index contributed by atoms with van der Waals surface area (Å²) in [7, 11) is 0. The van der Waals surface area contributed by atoms with Gasteiger partial charge in [-0.2, -0.15) is 0 Å². The molecule has 1 aliphatic rings. The first-order valence-electron chi connectivity index (χ1n) is 9.53. The van der Waals surface area contributed by atoms with Gasteiger partial charge in [-0.1, -0.05) is 41.7 Å². The van der Waals surface area contributed by atoms with E-state index in [9.17, 15) is 9.59 Å². The second-order valence-corrected chi connectivity index (χ2v) is 10.4. The second-order valence-electron chi connectivity index (χ2n) is 6.90. The summed E-state index contributed by atoms with van der Waals surface area (Å²) < 4.78 is 6.72. The molecule has 1 unspecified atom stereocenters. The van der Waals surface area contributed by atoms with E-state index in [1.807, 2.05) is 32.0 Å². The van der Waals surface area contributed by atoms with E-state index in [-0.39, 0.29) is 5.56 Å². The van der Waals surface area contributed by atoms with Gasteiger partial charge in [-0.3, -0.25) is 9.79 Å². The number of thiophene rings is 1. The lowest BCUT2D eigenvalue weighted by molar-refractivity contribution is 0.0319. The van der Waals surface area contributed by atoms with Crippen molar-refractivity contribution in [1.82, 2.24) is 9.97 Å². The molecule has 0 saturated carbocycles. The molecule has 9 heteroatoms. The number of aromatic amines is 1. The van der Waals surface area contributed by atoms with E-state index in [0.717, 1.165) is 32.7 Å². The molecule has 1 aromatic carbocycles. The van der Waals surface area contributed by atoms with Crippen LogP contribution < -0.4 is 5.56 Å². The summed E-state index contributed by atoms with van der Waals surface area (Å²) in [5, 5.41) is 0.606. The zero-order valence-electron chi connectivity index (χ0n) is 16.9. The Balaban J connectivity index is 1.52. The highest BCUT2D eigenvalue weighted by molar-refractivity contribution is 8.38. The van der Waals surface area contributed by atoms with Crippen molar-refractivity contribution in [3.8, 4) is 0 Å². The quantitative estimate of drug-likeness (QED) is 0.549. The standard InChI is InChI=1S/C21H21N3O3S3/c1-11-13(3)30-19-16(11)18(25)23-17(24-19)12(2)27-20(26)15-7-5-4-6-14(15)10-29-21-22-8-9-28-21/h4-7,12H,8-10H2,1-3H3,(H,23,24,25). The van der Waals surface area contributed by atoms with Gasteiger partial charge in [0.2, 0.25) is 0 Å². The highest BCUT2D eigenvalue weighted by atomic mass is 32.2. The third kappa shape index (κ3) is 4.33. The number of carbonyl (C=O) groups excluding carboxylic acids is 1. The van der Waals surface area contributed by atoms with Gasteiger partial charge < -0.3 is 9.72 Å². The fourth-order valence-corrected chi connectivity index (χ4v) is 6.18. The molecule has 6 nitrogen and oxygen atoms in total. The Bertz CT molecular complexity index is 1200. The minimum Gasteiger partial charge on any atom is -0.451 e. The lowest BCUT2D eigenvalue weighted by Gasteiger charge is -2.14. The van der Waals surface area contributed by atoms with Crippen LogP contribution in [0.25, 0.3) is 10.2 Å². The first-order chi connectivity index (χ1) is 14.4. The van der Waals surface area contributed by atoms with Gasteiger partial charge in [0.25, 0.3) is 5.56 Å². The molecule has 3 heterocycles. The van der Waals surface area contributed by atoms with Crippen LogP contribution in [0.1, 0.15) is 45.2 Å². The van der Waals surface area contributed by atoms with Crippen LogP contribution in [-0.4, -0.2) is 32.6 Å². The molecule has 0 radical (unpaired) electrons. The number of hydrogen-bond acceptors (Lipinski definition) is 8. The molecule has 1 aliphatic heterocycles. The van der Waals surface area contributed by atoms with Gasteiger partial charge in [0, 0.05) is 16.4 Å². The molecule has 0 amide bonds. The van der Waals surface area contributed by atoms with Crippen LogP contribution in [0.5, 0.6) is 0 Å². The van der Waals surface area contributed by atoms with Crippen LogP contribution >= 0.6 is 34.9 Å². The number of aromatic nitrogens is 2. The largest absolute Gasteiger partial charge is 0.451 e. The van der Waals surface area contributed by atoms with Gasteiger partial charge in [-0.05, 0) is 38.0 Å². The van der Waals surface area contributed by atoms with Crippen LogP contribution in [0.15, 0.2) is 34.1 Å². The van der Waals surface area contributed by atoms with Gasteiger partial charge in [-0.25, -0.2) is 9.78 Å². The number of nitrogens with one attached hydrogen (secondary N) is 1. The highest BCUT2D eigenvalue weighted by Crippen LogP contribution is 2.29. The van der Waals surface area contributed by atoms with Crippen molar-refractivity contribution in [2.24, 2.45) is 4.99 Å². The summed E-state index contributed by atoms with van der Waals surface area (Å²) in [5.74, 6) is 1.59. The maximum absolute atomic E-state index is 12.9. The Morgan fingerprint density at radius 1 is 1.33 bits per heavy atom. The molecule has 0 bridgehead atoms. The molecule has 3 aromatic rings. The molecule has 0 saturated heterocycles. The van der Waals surface area contributed by atoms with E-state index in [1.165, 1.54) is 11.3 Å². The third-order valence-corrected chi connectivity index (χ3v) is 8.27. The predicted molar refractivity (Wildman–Crippen MR) is 126 cm³/mol. The molecule has 1 N–H and O–H groups in total. The first-order valence-corrected chi connectivity index (χ1v) is 12.3. The summed E-state index contributed by atoms with van der Waals surface area (Å²) in [4.78, 5) is 38.9. The zero-order chi connectivity index (χ0) is 21.3. The number of H-pyrrole nitrogens is 1. The third-order valence-electron chi connectivity index (χ3n) is 4.87. The number of aliphatic imine (C=N–C) groups is 1. The van der Waals surface area contributed by atoms with Crippen molar-refractivity contribution in [1.29, 1.82) is 0 Å². The maximum Gasteiger partial charge on any atom is 0.339 e. The van der Waals surface area contributed by atoms with Crippen molar-refractivity contribution >= 4 is 55.4 Å². The van der Waals surface area contributed by atoms with Crippen molar-refractivity contribution in [3.05, 3.63) is 62.0 Å². The highest BCUT2D eigenvalue weighted by Gasteiger charge is 2.21. The Labute approximate surface area is 186 Å². The normalized spacial score (nSPS) is 14.7. The average Bonchev–Trinajstić information content (AvgIpc) is 3.34. The van der Waals surface area contributed by atoms with Crippen LogP contribution in [-0.2, 0) is 10.5 Å². The Kier molecular flexibility index (Phi) is 6.31. The minimum atomic E-state index is -0.673. The smallest absolute Gasteiger partial charge is 0.339 e. The number of ether oxygens (including phenoxy) is 1. The van der Waals surface area contributed by atoms with Crippen LogP contribution in [0.2, 0.25) is 0 Å². The number of carbonyl (C=O) groups is 1. The number of esters is 1. The lowest BCUT2D eigenvalue weighted by atomic mass is 10.1. The number of aryl methyl sites for hydroxylation is 2. The van der Waals surface area contributed by atoms with Crippen LogP contribution in [0, 0.1) is 13.8 Å². The molecule has 156 valence electrons. The molecule has 0 aliphatic carbocycles.